The highest BCUT2D eigenvalue weighted by molar-refractivity contribution is 5.94. The second kappa shape index (κ2) is 8.52. The van der Waals surface area contributed by atoms with E-state index in [1.54, 1.807) is 20.8 Å². The van der Waals surface area contributed by atoms with Crippen LogP contribution in [-0.2, 0) is 14.3 Å². The van der Waals surface area contributed by atoms with E-state index in [4.69, 9.17) is 9.84 Å². The summed E-state index contributed by atoms with van der Waals surface area (Å²) in [6, 6.07) is -0.817. The number of amides is 3. The van der Waals surface area contributed by atoms with Crippen molar-refractivity contribution in [2.24, 2.45) is 5.41 Å². The molecule has 0 aliphatic rings. The average molecular weight is 288 g/mol. The van der Waals surface area contributed by atoms with Gasteiger partial charge >= 0.3 is 12.0 Å². The molecule has 0 heterocycles. The fraction of sp³-hybridized carbons (Fsp3) is 0.769. The zero-order valence-electron chi connectivity index (χ0n) is 12.5. The van der Waals surface area contributed by atoms with Crippen LogP contribution in [0.15, 0.2) is 0 Å². The number of rotatable bonds is 8. The van der Waals surface area contributed by atoms with Gasteiger partial charge in [-0.1, -0.05) is 13.8 Å². The Hall–Kier alpha value is -1.63. The van der Waals surface area contributed by atoms with Crippen LogP contribution in [0, 0.1) is 5.41 Å². The average Bonchev–Trinajstić information content (AvgIpc) is 2.22. The number of hydrogen-bond acceptors (Lipinski definition) is 4. The Morgan fingerprint density at radius 3 is 2.35 bits per heavy atom. The van der Waals surface area contributed by atoms with E-state index in [-0.39, 0.29) is 18.9 Å². The first-order valence-corrected chi connectivity index (χ1v) is 6.56. The fourth-order valence-corrected chi connectivity index (χ4v) is 1.67. The van der Waals surface area contributed by atoms with Crippen LogP contribution in [-0.4, -0.2) is 42.3 Å². The van der Waals surface area contributed by atoms with Crippen molar-refractivity contribution >= 4 is 17.9 Å². The summed E-state index contributed by atoms with van der Waals surface area (Å²) in [6.07, 6.45) is -0.171. The smallest absolute Gasteiger partial charge is 0.321 e. The Labute approximate surface area is 119 Å². The molecule has 20 heavy (non-hydrogen) atoms. The van der Waals surface area contributed by atoms with E-state index in [0.717, 1.165) is 0 Å². The molecule has 1 unspecified atom stereocenters. The minimum absolute atomic E-state index is 0.0352. The van der Waals surface area contributed by atoms with E-state index in [1.807, 2.05) is 6.92 Å². The van der Waals surface area contributed by atoms with Crippen LogP contribution in [0.5, 0.6) is 0 Å². The Kier molecular flexibility index (Phi) is 7.83. The van der Waals surface area contributed by atoms with Crippen molar-refractivity contribution in [3.05, 3.63) is 0 Å². The van der Waals surface area contributed by atoms with Gasteiger partial charge in [0.2, 0.25) is 5.91 Å². The minimum atomic E-state index is -0.974. The first-order valence-electron chi connectivity index (χ1n) is 6.56. The summed E-state index contributed by atoms with van der Waals surface area (Å²) >= 11 is 0. The summed E-state index contributed by atoms with van der Waals surface area (Å²) in [4.78, 5) is 33.8. The molecular weight excluding hydrogens is 264 g/mol. The van der Waals surface area contributed by atoms with Gasteiger partial charge in [-0.2, -0.15) is 0 Å². The number of urea groups is 1. The molecule has 1 atom stereocenters. The third-order valence-electron chi connectivity index (χ3n) is 2.47. The highest BCUT2D eigenvalue weighted by Crippen LogP contribution is 2.24. The second-order valence-electron chi connectivity index (χ2n) is 5.49. The van der Waals surface area contributed by atoms with Crippen molar-refractivity contribution in [3.63, 3.8) is 0 Å². The molecule has 7 heteroatoms. The predicted molar refractivity (Wildman–Crippen MR) is 73.3 cm³/mol. The third-order valence-corrected chi connectivity index (χ3v) is 2.47. The predicted octanol–water partition coefficient (Wildman–Crippen LogP) is 1.13. The highest BCUT2D eigenvalue weighted by Gasteiger charge is 2.26. The monoisotopic (exact) mass is 288 g/mol. The van der Waals surface area contributed by atoms with E-state index >= 15 is 0 Å². The molecule has 116 valence electrons. The molecule has 0 aliphatic heterocycles. The number of carbonyl (C=O) groups is 3. The maximum absolute atomic E-state index is 11.6. The summed E-state index contributed by atoms with van der Waals surface area (Å²) in [5.41, 5.74) is -0.701. The maximum Gasteiger partial charge on any atom is 0.321 e. The van der Waals surface area contributed by atoms with E-state index < -0.39 is 23.3 Å². The SMILES string of the molecule is CCOCC(C)NC(=O)NC(=O)CC(C)(C)CC(=O)O. The molecule has 0 saturated heterocycles. The highest BCUT2D eigenvalue weighted by atomic mass is 16.5. The Bertz CT molecular complexity index is 355. The van der Waals surface area contributed by atoms with Crippen molar-refractivity contribution in [1.29, 1.82) is 0 Å². The largest absolute Gasteiger partial charge is 0.481 e. The molecule has 0 bridgehead atoms. The molecule has 3 N–H and O–H groups in total. The lowest BCUT2D eigenvalue weighted by atomic mass is 9.85. The van der Waals surface area contributed by atoms with Crippen molar-refractivity contribution in [2.45, 2.75) is 46.6 Å². The summed E-state index contributed by atoms with van der Waals surface area (Å²) in [7, 11) is 0. The van der Waals surface area contributed by atoms with E-state index in [9.17, 15) is 14.4 Å². The molecule has 3 amide bonds. The normalized spacial score (nSPS) is 12.6. The second-order valence-corrected chi connectivity index (χ2v) is 5.49. The van der Waals surface area contributed by atoms with Gasteiger partial charge in [-0.3, -0.25) is 14.9 Å². The quantitative estimate of drug-likeness (QED) is 0.621. The molecule has 0 rings (SSSR count). The van der Waals surface area contributed by atoms with Gasteiger partial charge in [0.05, 0.1) is 19.1 Å². The molecule has 0 aromatic carbocycles. The van der Waals surface area contributed by atoms with Gasteiger partial charge in [0, 0.05) is 13.0 Å². The topological polar surface area (TPSA) is 105 Å². The van der Waals surface area contributed by atoms with Crippen LogP contribution >= 0.6 is 0 Å². The Morgan fingerprint density at radius 1 is 1.25 bits per heavy atom. The molecule has 0 spiro atoms. The van der Waals surface area contributed by atoms with Gasteiger partial charge < -0.3 is 15.2 Å². The molecule has 0 aromatic rings. The van der Waals surface area contributed by atoms with E-state index in [1.165, 1.54) is 0 Å². The third kappa shape index (κ3) is 9.32. The standard InChI is InChI=1S/C13H24N2O5/c1-5-20-8-9(2)14-12(19)15-10(16)6-13(3,4)7-11(17)18/h9H,5-8H2,1-4H3,(H,17,18)(H2,14,15,16,19). The Morgan fingerprint density at radius 2 is 1.85 bits per heavy atom. The lowest BCUT2D eigenvalue weighted by Gasteiger charge is -2.21. The summed E-state index contributed by atoms with van der Waals surface area (Å²) < 4.78 is 5.13. The van der Waals surface area contributed by atoms with Crippen molar-refractivity contribution in [2.75, 3.05) is 13.2 Å². The van der Waals surface area contributed by atoms with Gasteiger partial charge in [0.1, 0.15) is 0 Å². The first-order chi connectivity index (χ1) is 9.16. The summed E-state index contributed by atoms with van der Waals surface area (Å²) in [5.74, 6) is -1.48. The Balaban J connectivity index is 4.13. The number of nitrogens with one attached hydrogen (secondary N) is 2. The zero-order valence-corrected chi connectivity index (χ0v) is 12.5. The van der Waals surface area contributed by atoms with Gasteiger partial charge in [-0.15, -0.1) is 0 Å². The molecule has 0 aliphatic carbocycles. The van der Waals surface area contributed by atoms with Crippen LogP contribution in [0.4, 0.5) is 4.79 Å². The molecule has 7 nitrogen and oxygen atoms in total. The van der Waals surface area contributed by atoms with Gasteiger partial charge in [-0.05, 0) is 19.3 Å². The number of carbonyl (C=O) groups excluding carboxylic acids is 2. The molecule has 0 saturated carbocycles. The molecule has 0 radical (unpaired) electrons. The fourth-order valence-electron chi connectivity index (χ4n) is 1.67. The number of hydrogen-bond donors (Lipinski definition) is 3. The van der Waals surface area contributed by atoms with Crippen molar-refractivity contribution < 1.29 is 24.2 Å². The number of carboxylic acids is 1. The number of aliphatic carboxylic acids is 1. The van der Waals surface area contributed by atoms with Crippen LogP contribution in [0.3, 0.4) is 0 Å². The number of imide groups is 1. The zero-order chi connectivity index (χ0) is 15.8. The van der Waals surface area contributed by atoms with Gasteiger partial charge in [0.25, 0.3) is 0 Å². The van der Waals surface area contributed by atoms with Gasteiger partial charge in [-0.25, -0.2) is 4.79 Å². The van der Waals surface area contributed by atoms with E-state index in [2.05, 4.69) is 10.6 Å². The number of carboxylic acid groups (broad SMARTS) is 1. The van der Waals surface area contributed by atoms with Crippen molar-refractivity contribution in [3.8, 4) is 0 Å². The maximum atomic E-state index is 11.6. The van der Waals surface area contributed by atoms with E-state index in [0.29, 0.717) is 13.2 Å². The van der Waals surface area contributed by atoms with Crippen LogP contribution in [0.25, 0.3) is 0 Å². The summed E-state index contributed by atoms with van der Waals surface area (Å²) in [6.45, 7) is 7.85. The molecule has 0 aromatic heterocycles. The molecular formula is C13H24N2O5. The number of ether oxygens (including phenoxy) is 1. The van der Waals surface area contributed by atoms with Crippen LogP contribution in [0.2, 0.25) is 0 Å². The summed E-state index contributed by atoms with van der Waals surface area (Å²) in [5, 5.41) is 13.5. The van der Waals surface area contributed by atoms with Gasteiger partial charge in [0.15, 0.2) is 0 Å². The van der Waals surface area contributed by atoms with Crippen molar-refractivity contribution in [1.82, 2.24) is 10.6 Å². The van der Waals surface area contributed by atoms with Crippen LogP contribution < -0.4 is 10.6 Å². The first kappa shape index (κ1) is 18.4. The lowest BCUT2D eigenvalue weighted by Crippen LogP contribution is -2.46. The minimum Gasteiger partial charge on any atom is -0.481 e. The lowest BCUT2D eigenvalue weighted by molar-refractivity contribution is -0.139. The van der Waals surface area contributed by atoms with Crippen LogP contribution in [0.1, 0.15) is 40.5 Å². The molecule has 0 fully saturated rings.